The third-order valence-electron chi connectivity index (χ3n) is 2.99. The Morgan fingerprint density at radius 3 is 2.35 bits per heavy atom. The molecular weight excluding hydrogens is 258 g/mol. The van der Waals surface area contributed by atoms with E-state index < -0.39 is 13.1 Å². The molecule has 2 aromatic carbocycles. The molecule has 0 bridgehead atoms. The van der Waals surface area contributed by atoms with Crippen molar-refractivity contribution in [3.8, 4) is 16.9 Å². The zero-order chi connectivity index (χ0) is 14.5. The Bertz CT molecular complexity index is 570. The largest absolute Gasteiger partial charge is 0.707 e. The fourth-order valence-electron chi connectivity index (χ4n) is 2.06. The first-order valence-electron chi connectivity index (χ1n) is 6.52. The molecule has 0 heterocycles. The van der Waals surface area contributed by atoms with Crippen LogP contribution in [0.4, 0.5) is 4.39 Å². The van der Waals surface area contributed by atoms with Crippen molar-refractivity contribution in [1.29, 1.82) is 0 Å². The molecule has 0 aliphatic carbocycles. The minimum Gasteiger partial charge on any atom is -0.512 e. The van der Waals surface area contributed by atoms with E-state index in [0.29, 0.717) is 5.56 Å². The normalized spacial score (nSPS) is 10.4. The molecule has 0 atom stereocenters. The monoisotopic (exact) mass is 274 g/mol. The predicted molar refractivity (Wildman–Crippen MR) is 76.7 cm³/mol. The molecular formula is C15H16BFO3. The molecule has 0 aliphatic rings. The summed E-state index contributed by atoms with van der Waals surface area (Å²) in [4.78, 5) is 0. The Labute approximate surface area is 117 Å². The van der Waals surface area contributed by atoms with Crippen LogP contribution in [-0.4, -0.2) is 17.4 Å². The summed E-state index contributed by atoms with van der Waals surface area (Å²) >= 11 is 0. The van der Waals surface area contributed by atoms with Gasteiger partial charge < -0.3 is 14.7 Å². The second-order valence-corrected chi connectivity index (χ2v) is 4.53. The molecule has 0 aliphatic heterocycles. The highest BCUT2D eigenvalue weighted by molar-refractivity contribution is 6.33. The SMILES string of the molecule is CCCc1ccc(-c2ccc(OB(O)O)cc2F)cc1. The van der Waals surface area contributed by atoms with Crippen molar-refractivity contribution in [2.75, 3.05) is 0 Å². The Morgan fingerprint density at radius 2 is 1.80 bits per heavy atom. The first-order valence-corrected chi connectivity index (χ1v) is 6.52. The van der Waals surface area contributed by atoms with Crippen LogP contribution in [0, 0.1) is 5.82 Å². The van der Waals surface area contributed by atoms with Gasteiger partial charge in [0.25, 0.3) is 0 Å². The Kier molecular flexibility index (Phi) is 4.77. The average molecular weight is 274 g/mol. The van der Waals surface area contributed by atoms with Crippen molar-refractivity contribution in [2.45, 2.75) is 19.8 Å². The van der Waals surface area contributed by atoms with Gasteiger partial charge in [-0.05, 0) is 29.7 Å². The third kappa shape index (κ3) is 3.59. The highest BCUT2D eigenvalue weighted by Crippen LogP contribution is 2.26. The molecule has 2 rings (SSSR count). The van der Waals surface area contributed by atoms with Crippen LogP contribution in [0.15, 0.2) is 42.5 Å². The minimum absolute atomic E-state index is 0.0730. The predicted octanol–water partition coefficient (Wildman–Crippen LogP) is 2.79. The van der Waals surface area contributed by atoms with Crippen LogP contribution in [0.5, 0.6) is 5.75 Å². The van der Waals surface area contributed by atoms with Crippen LogP contribution in [0.25, 0.3) is 11.1 Å². The molecule has 20 heavy (non-hydrogen) atoms. The van der Waals surface area contributed by atoms with Crippen LogP contribution in [0.1, 0.15) is 18.9 Å². The molecule has 0 aromatic heterocycles. The molecule has 104 valence electrons. The average Bonchev–Trinajstić information content (AvgIpc) is 2.40. The highest BCUT2D eigenvalue weighted by atomic mass is 19.1. The van der Waals surface area contributed by atoms with E-state index in [1.807, 2.05) is 24.3 Å². The maximum atomic E-state index is 14.0. The van der Waals surface area contributed by atoms with Crippen LogP contribution < -0.4 is 4.65 Å². The van der Waals surface area contributed by atoms with Gasteiger partial charge in [-0.3, -0.25) is 0 Å². The summed E-state index contributed by atoms with van der Waals surface area (Å²) in [6, 6.07) is 11.9. The summed E-state index contributed by atoms with van der Waals surface area (Å²) < 4.78 is 18.6. The molecule has 0 unspecified atom stereocenters. The van der Waals surface area contributed by atoms with E-state index in [9.17, 15) is 4.39 Å². The minimum atomic E-state index is -1.95. The Hall–Kier alpha value is -1.85. The maximum absolute atomic E-state index is 14.0. The summed E-state index contributed by atoms with van der Waals surface area (Å²) in [6.07, 6.45) is 2.08. The van der Waals surface area contributed by atoms with Crippen molar-refractivity contribution >= 4 is 7.32 Å². The van der Waals surface area contributed by atoms with E-state index in [1.165, 1.54) is 11.6 Å². The van der Waals surface area contributed by atoms with Gasteiger partial charge in [0, 0.05) is 11.6 Å². The lowest BCUT2D eigenvalue weighted by atomic mass is 10.0. The lowest BCUT2D eigenvalue weighted by Gasteiger charge is -2.08. The molecule has 0 saturated heterocycles. The van der Waals surface area contributed by atoms with Gasteiger partial charge in [0.15, 0.2) is 0 Å². The van der Waals surface area contributed by atoms with Gasteiger partial charge in [0.1, 0.15) is 11.6 Å². The second-order valence-electron chi connectivity index (χ2n) is 4.53. The van der Waals surface area contributed by atoms with E-state index in [4.69, 9.17) is 10.0 Å². The van der Waals surface area contributed by atoms with Gasteiger partial charge in [-0.25, -0.2) is 4.39 Å². The standard InChI is InChI=1S/C15H16BFO3/c1-2-3-11-4-6-12(7-5-11)14-9-8-13(10-15(14)17)20-16(18)19/h4-10,18-19H,2-3H2,1H3. The molecule has 0 radical (unpaired) electrons. The summed E-state index contributed by atoms with van der Waals surface area (Å²) in [6.45, 7) is 2.11. The van der Waals surface area contributed by atoms with Gasteiger partial charge in [0.2, 0.25) is 0 Å². The van der Waals surface area contributed by atoms with E-state index in [1.54, 1.807) is 6.07 Å². The van der Waals surface area contributed by atoms with E-state index in [-0.39, 0.29) is 5.75 Å². The van der Waals surface area contributed by atoms with Gasteiger partial charge >= 0.3 is 7.32 Å². The molecule has 0 amide bonds. The number of hydrogen-bond acceptors (Lipinski definition) is 3. The van der Waals surface area contributed by atoms with Crippen LogP contribution >= 0.6 is 0 Å². The van der Waals surface area contributed by atoms with Gasteiger partial charge in [0.05, 0.1) is 0 Å². The third-order valence-corrected chi connectivity index (χ3v) is 2.99. The number of rotatable bonds is 5. The molecule has 0 fully saturated rings. The summed E-state index contributed by atoms with van der Waals surface area (Å²) in [5.74, 6) is -0.393. The number of benzene rings is 2. The van der Waals surface area contributed by atoms with Gasteiger partial charge in [-0.2, -0.15) is 0 Å². The highest BCUT2D eigenvalue weighted by Gasteiger charge is 2.13. The quantitative estimate of drug-likeness (QED) is 0.824. The first-order chi connectivity index (χ1) is 9.60. The summed E-state index contributed by atoms with van der Waals surface area (Å²) in [5.41, 5.74) is 2.45. The van der Waals surface area contributed by atoms with Crippen molar-refractivity contribution in [1.82, 2.24) is 0 Å². The molecule has 5 heteroatoms. The van der Waals surface area contributed by atoms with Crippen molar-refractivity contribution in [3.05, 3.63) is 53.8 Å². The smallest absolute Gasteiger partial charge is 0.512 e. The first kappa shape index (κ1) is 14.6. The van der Waals surface area contributed by atoms with Crippen molar-refractivity contribution in [2.24, 2.45) is 0 Å². The molecule has 2 N–H and O–H groups in total. The molecule has 3 nitrogen and oxygen atoms in total. The summed E-state index contributed by atoms with van der Waals surface area (Å²) in [7, 11) is -1.95. The van der Waals surface area contributed by atoms with Crippen molar-refractivity contribution < 1.29 is 19.1 Å². The summed E-state index contributed by atoms with van der Waals surface area (Å²) in [5, 5.41) is 17.3. The Balaban J connectivity index is 2.24. The van der Waals surface area contributed by atoms with Crippen molar-refractivity contribution in [3.63, 3.8) is 0 Å². The zero-order valence-electron chi connectivity index (χ0n) is 11.2. The van der Waals surface area contributed by atoms with Crippen LogP contribution in [0.3, 0.4) is 0 Å². The number of aryl methyl sites for hydroxylation is 1. The Morgan fingerprint density at radius 1 is 1.10 bits per heavy atom. The topological polar surface area (TPSA) is 49.7 Å². The van der Waals surface area contributed by atoms with E-state index in [0.717, 1.165) is 24.5 Å². The van der Waals surface area contributed by atoms with E-state index >= 15 is 0 Å². The fourth-order valence-corrected chi connectivity index (χ4v) is 2.06. The van der Waals surface area contributed by atoms with Crippen LogP contribution in [-0.2, 0) is 6.42 Å². The number of halogens is 1. The maximum Gasteiger partial charge on any atom is 0.707 e. The van der Waals surface area contributed by atoms with Gasteiger partial charge in [-0.15, -0.1) is 0 Å². The molecule has 0 spiro atoms. The lowest BCUT2D eigenvalue weighted by molar-refractivity contribution is 0.287. The zero-order valence-corrected chi connectivity index (χ0v) is 11.2. The van der Waals surface area contributed by atoms with E-state index in [2.05, 4.69) is 11.6 Å². The molecule has 0 saturated carbocycles. The lowest BCUT2D eigenvalue weighted by Crippen LogP contribution is -2.20. The molecule has 2 aromatic rings. The number of hydrogen-bond donors (Lipinski definition) is 2. The van der Waals surface area contributed by atoms with Crippen LogP contribution in [0.2, 0.25) is 0 Å². The second kappa shape index (κ2) is 6.54. The fraction of sp³-hybridized carbons (Fsp3) is 0.200. The van der Waals surface area contributed by atoms with Gasteiger partial charge in [-0.1, -0.05) is 37.6 Å².